The molecule has 1 fully saturated rings. The van der Waals surface area contributed by atoms with E-state index in [0.29, 0.717) is 18.4 Å². The van der Waals surface area contributed by atoms with Crippen LogP contribution in [0, 0.1) is 11.8 Å². The summed E-state index contributed by atoms with van der Waals surface area (Å²) in [4.78, 5) is 13.8. The largest absolute Gasteiger partial charge is 0.465 e. The molecule has 3 atom stereocenters. The fraction of sp³-hybridized carbons (Fsp3) is 0.688. The van der Waals surface area contributed by atoms with Crippen molar-refractivity contribution in [3.05, 3.63) is 22.4 Å². The molecule has 0 radical (unpaired) electrons. The first kappa shape index (κ1) is 15.5. The molecule has 1 aliphatic rings. The van der Waals surface area contributed by atoms with Gasteiger partial charge >= 0.3 is 5.97 Å². The van der Waals surface area contributed by atoms with Gasteiger partial charge in [0.1, 0.15) is 5.54 Å². The summed E-state index contributed by atoms with van der Waals surface area (Å²) in [6.45, 7) is 7.51. The van der Waals surface area contributed by atoms with Gasteiger partial charge in [-0.1, -0.05) is 19.9 Å². The topological polar surface area (TPSA) is 38.3 Å². The minimum Gasteiger partial charge on any atom is -0.465 e. The standard InChI is InChI=1S/C16H25NO2S/c1-4-19-15(18)16(8-7-12(2)10-13(16)3)17-11-14-6-5-9-20-14/h5-6,9,12-13,17H,4,7-8,10-11H2,1-3H3. The van der Waals surface area contributed by atoms with Crippen molar-refractivity contribution in [1.29, 1.82) is 0 Å². The van der Waals surface area contributed by atoms with Crippen molar-refractivity contribution in [2.75, 3.05) is 6.61 Å². The summed E-state index contributed by atoms with van der Waals surface area (Å²) in [7, 11) is 0. The Morgan fingerprint density at radius 2 is 2.35 bits per heavy atom. The Morgan fingerprint density at radius 1 is 1.55 bits per heavy atom. The molecule has 2 rings (SSSR count). The van der Waals surface area contributed by atoms with Gasteiger partial charge in [0.15, 0.2) is 0 Å². The average Bonchev–Trinajstić information content (AvgIpc) is 2.92. The van der Waals surface area contributed by atoms with E-state index >= 15 is 0 Å². The first-order valence-corrected chi connectivity index (χ1v) is 8.41. The van der Waals surface area contributed by atoms with Crippen LogP contribution in [0.4, 0.5) is 0 Å². The number of nitrogens with one attached hydrogen (secondary N) is 1. The fourth-order valence-corrected chi connectivity index (χ4v) is 3.84. The van der Waals surface area contributed by atoms with Gasteiger partial charge in [0.2, 0.25) is 0 Å². The zero-order valence-corrected chi connectivity index (χ0v) is 13.5. The maximum absolute atomic E-state index is 12.5. The second-order valence-corrected chi connectivity index (χ2v) is 6.94. The van der Waals surface area contributed by atoms with E-state index in [0.717, 1.165) is 25.8 Å². The number of carbonyl (C=O) groups is 1. The van der Waals surface area contributed by atoms with Gasteiger partial charge in [0, 0.05) is 11.4 Å². The van der Waals surface area contributed by atoms with E-state index in [2.05, 4.69) is 30.6 Å². The molecule has 20 heavy (non-hydrogen) atoms. The molecule has 1 heterocycles. The molecule has 3 unspecified atom stereocenters. The molecule has 1 saturated carbocycles. The number of esters is 1. The van der Waals surface area contributed by atoms with E-state index in [1.165, 1.54) is 4.88 Å². The maximum atomic E-state index is 12.5. The minimum absolute atomic E-state index is 0.0732. The lowest BCUT2D eigenvalue weighted by Gasteiger charge is -2.43. The highest BCUT2D eigenvalue weighted by atomic mass is 32.1. The molecule has 0 spiro atoms. The Balaban J connectivity index is 2.13. The molecule has 3 nitrogen and oxygen atoms in total. The van der Waals surface area contributed by atoms with Crippen LogP contribution in [0.5, 0.6) is 0 Å². The first-order valence-electron chi connectivity index (χ1n) is 7.53. The van der Waals surface area contributed by atoms with Crippen LogP contribution in [0.2, 0.25) is 0 Å². The van der Waals surface area contributed by atoms with Crippen molar-refractivity contribution in [1.82, 2.24) is 5.32 Å². The van der Waals surface area contributed by atoms with Crippen molar-refractivity contribution >= 4 is 17.3 Å². The average molecular weight is 295 g/mol. The van der Waals surface area contributed by atoms with Crippen LogP contribution >= 0.6 is 11.3 Å². The molecule has 4 heteroatoms. The monoisotopic (exact) mass is 295 g/mol. The number of thiophene rings is 1. The van der Waals surface area contributed by atoms with Gasteiger partial charge in [-0.15, -0.1) is 11.3 Å². The van der Waals surface area contributed by atoms with Crippen molar-refractivity contribution in [3.63, 3.8) is 0 Å². The second kappa shape index (κ2) is 6.72. The Bertz CT molecular complexity index is 432. The summed E-state index contributed by atoms with van der Waals surface area (Å²) >= 11 is 1.72. The molecule has 0 aliphatic heterocycles. The predicted molar refractivity (Wildman–Crippen MR) is 82.7 cm³/mol. The van der Waals surface area contributed by atoms with E-state index in [1.54, 1.807) is 11.3 Å². The van der Waals surface area contributed by atoms with Gasteiger partial charge in [0.05, 0.1) is 6.61 Å². The van der Waals surface area contributed by atoms with Gasteiger partial charge in [-0.3, -0.25) is 10.1 Å². The van der Waals surface area contributed by atoms with Crippen LogP contribution in [-0.2, 0) is 16.1 Å². The van der Waals surface area contributed by atoms with Crippen molar-refractivity contribution in [3.8, 4) is 0 Å². The molecular weight excluding hydrogens is 270 g/mol. The zero-order valence-electron chi connectivity index (χ0n) is 12.6. The van der Waals surface area contributed by atoms with Crippen LogP contribution in [0.1, 0.15) is 44.9 Å². The molecular formula is C16H25NO2S. The Labute approximate surface area is 125 Å². The number of ether oxygens (including phenoxy) is 1. The van der Waals surface area contributed by atoms with E-state index in [1.807, 2.05) is 13.0 Å². The van der Waals surface area contributed by atoms with Gasteiger partial charge < -0.3 is 4.74 Å². The summed E-state index contributed by atoms with van der Waals surface area (Å²) in [5, 5.41) is 5.60. The third-order valence-electron chi connectivity index (χ3n) is 4.43. The highest BCUT2D eigenvalue weighted by Crippen LogP contribution is 2.38. The minimum atomic E-state index is -0.507. The van der Waals surface area contributed by atoms with Crippen molar-refractivity contribution in [2.45, 2.75) is 52.1 Å². The number of carbonyl (C=O) groups excluding carboxylic acids is 1. The zero-order chi connectivity index (χ0) is 14.6. The summed E-state index contributed by atoms with van der Waals surface area (Å²) in [5.41, 5.74) is -0.507. The normalized spacial score (nSPS) is 30.1. The summed E-state index contributed by atoms with van der Waals surface area (Å²) in [6, 6.07) is 4.15. The van der Waals surface area contributed by atoms with E-state index in [-0.39, 0.29) is 5.97 Å². The van der Waals surface area contributed by atoms with E-state index < -0.39 is 5.54 Å². The third-order valence-corrected chi connectivity index (χ3v) is 5.30. The second-order valence-electron chi connectivity index (χ2n) is 5.91. The van der Waals surface area contributed by atoms with Crippen LogP contribution < -0.4 is 5.32 Å². The maximum Gasteiger partial charge on any atom is 0.326 e. The molecule has 1 N–H and O–H groups in total. The van der Waals surface area contributed by atoms with Crippen LogP contribution in [0.25, 0.3) is 0 Å². The predicted octanol–water partition coefficient (Wildman–Crippen LogP) is 3.60. The first-order chi connectivity index (χ1) is 9.58. The molecule has 0 amide bonds. The van der Waals surface area contributed by atoms with Gasteiger partial charge in [-0.05, 0) is 49.5 Å². The highest BCUT2D eigenvalue weighted by Gasteiger charge is 2.47. The smallest absolute Gasteiger partial charge is 0.326 e. The quantitative estimate of drug-likeness (QED) is 0.844. The van der Waals surface area contributed by atoms with Gasteiger partial charge in [-0.2, -0.15) is 0 Å². The molecule has 1 aromatic rings. The molecule has 0 bridgehead atoms. The Kier molecular flexibility index (Phi) is 5.22. The molecule has 1 aromatic heterocycles. The molecule has 1 aliphatic carbocycles. The third kappa shape index (κ3) is 3.23. The lowest BCUT2D eigenvalue weighted by Crippen LogP contribution is -2.59. The van der Waals surface area contributed by atoms with Crippen molar-refractivity contribution in [2.24, 2.45) is 11.8 Å². The summed E-state index contributed by atoms with van der Waals surface area (Å²) in [6.07, 6.45) is 3.04. The van der Waals surface area contributed by atoms with E-state index in [4.69, 9.17) is 4.74 Å². The van der Waals surface area contributed by atoms with Crippen LogP contribution in [0.15, 0.2) is 17.5 Å². The van der Waals surface area contributed by atoms with E-state index in [9.17, 15) is 4.79 Å². The Morgan fingerprint density at radius 3 is 2.95 bits per heavy atom. The number of rotatable bonds is 5. The molecule has 112 valence electrons. The van der Waals surface area contributed by atoms with Gasteiger partial charge in [-0.25, -0.2) is 0 Å². The number of hydrogen-bond acceptors (Lipinski definition) is 4. The SMILES string of the molecule is CCOC(=O)C1(NCc2cccs2)CCC(C)CC1C. The molecule has 0 aromatic carbocycles. The number of hydrogen-bond donors (Lipinski definition) is 1. The fourth-order valence-electron chi connectivity index (χ4n) is 3.20. The lowest BCUT2D eigenvalue weighted by molar-refractivity contribution is -0.156. The summed E-state index contributed by atoms with van der Waals surface area (Å²) < 4.78 is 5.36. The lowest BCUT2D eigenvalue weighted by atomic mass is 9.70. The van der Waals surface area contributed by atoms with Crippen LogP contribution in [-0.4, -0.2) is 18.1 Å². The Hall–Kier alpha value is -0.870. The van der Waals surface area contributed by atoms with Gasteiger partial charge in [0.25, 0.3) is 0 Å². The summed E-state index contributed by atoms with van der Waals surface area (Å²) in [5.74, 6) is 0.928. The van der Waals surface area contributed by atoms with Crippen molar-refractivity contribution < 1.29 is 9.53 Å². The highest BCUT2D eigenvalue weighted by molar-refractivity contribution is 7.09. The van der Waals surface area contributed by atoms with Crippen LogP contribution in [0.3, 0.4) is 0 Å². The molecule has 0 saturated heterocycles.